The van der Waals surface area contributed by atoms with Gasteiger partial charge in [-0.15, -0.1) is 0 Å². The second-order valence-corrected chi connectivity index (χ2v) is 6.46. The molecule has 0 saturated carbocycles. The molecule has 2 N–H and O–H groups in total. The minimum absolute atomic E-state index is 0.0475. The Labute approximate surface area is 136 Å². The summed E-state index contributed by atoms with van der Waals surface area (Å²) in [5.41, 5.74) is 9.03. The van der Waals surface area contributed by atoms with Crippen LogP contribution in [0.2, 0.25) is 5.02 Å². The number of hydrogen-bond acceptors (Lipinski definition) is 2. The average Bonchev–Trinajstić information content (AvgIpc) is 2.85. The highest BCUT2D eigenvalue weighted by Gasteiger charge is 2.28. The molecule has 0 fully saturated rings. The van der Waals surface area contributed by atoms with Crippen LogP contribution >= 0.6 is 27.5 Å². The molecule has 0 aromatic heterocycles. The standard InChI is InChI=1S/C16H15BrClFN2/c17-11-2-4-13(14(18)7-11)16(9-20)21-6-5-10-1-3-12(19)8-15(10)21/h1-4,7-8,16H,5-6,9,20H2. The van der Waals surface area contributed by atoms with Crippen molar-refractivity contribution in [2.75, 3.05) is 18.0 Å². The van der Waals surface area contributed by atoms with E-state index in [0.717, 1.165) is 34.3 Å². The molecular formula is C16H15BrClFN2. The number of nitrogens with zero attached hydrogens (tertiary/aromatic N) is 1. The smallest absolute Gasteiger partial charge is 0.125 e. The maximum Gasteiger partial charge on any atom is 0.125 e. The number of fused-ring (bicyclic) bond motifs is 1. The van der Waals surface area contributed by atoms with Crippen LogP contribution in [0, 0.1) is 5.82 Å². The molecule has 1 atom stereocenters. The zero-order chi connectivity index (χ0) is 15.0. The van der Waals surface area contributed by atoms with Gasteiger partial charge >= 0.3 is 0 Å². The molecule has 2 aromatic rings. The summed E-state index contributed by atoms with van der Waals surface area (Å²) in [6.45, 7) is 1.25. The third-order valence-electron chi connectivity index (χ3n) is 3.90. The van der Waals surface area contributed by atoms with Crippen molar-refractivity contribution in [1.82, 2.24) is 0 Å². The number of hydrogen-bond donors (Lipinski definition) is 1. The SMILES string of the molecule is NCC(c1ccc(Br)cc1Cl)N1CCc2ccc(F)cc21. The van der Waals surface area contributed by atoms with Crippen LogP contribution in [0.4, 0.5) is 10.1 Å². The normalized spacial score (nSPS) is 15.1. The van der Waals surface area contributed by atoms with Crippen molar-refractivity contribution >= 4 is 33.2 Å². The Kier molecular flexibility index (Phi) is 4.20. The summed E-state index contributed by atoms with van der Waals surface area (Å²) >= 11 is 9.76. The molecule has 1 aliphatic rings. The van der Waals surface area contributed by atoms with Gasteiger partial charge in [-0.05, 0) is 41.8 Å². The predicted molar refractivity (Wildman–Crippen MR) is 88.4 cm³/mol. The van der Waals surface area contributed by atoms with E-state index in [9.17, 15) is 4.39 Å². The first-order chi connectivity index (χ1) is 10.1. The van der Waals surface area contributed by atoms with Gasteiger partial charge in [-0.1, -0.05) is 39.7 Å². The molecule has 0 aliphatic carbocycles. The monoisotopic (exact) mass is 368 g/mol. The lowest BCUT2D eigenvalue weighted by molar-refractivity contribution is 0.621. The van der Waals surface area contributed by atoms with Gasteiger partial charge in [0.15, 0.2) is 0 Å². The second-order valence-electron chi connectivity index (χ2n) is 5.13. The van der Waals surface area contributed by atoms with E-state index in [-0.39, 0.29) is 11.9 Å². The van der Waals surface area contributed by atoms with Crippen LogP contribution in [0.3, 0.4) is 0 Å². The lowest BCUT2D eigenvalue weighted by atomic mass is 10.0. The van der Waals surface area contributed by atoms with Gasteiger partial charge in [-0.25, -0.2) is 4.39 Å². The largest absolute Gasteiger partial charge is 0.363 e. The molecular weight excluding hydrogens is 355 g/mol. The van der Waals surface area contributed by atoms with E-state index < -0.39 is 0 Å². The molecule has 0 radical (unpaired) electrons. The first-order valence-corrected chi connectivity index (χ1v) is 7.97. The van der Waals surface area contributed by atoms with Gasteiger partial charge in [0.1, 0.15) is 5.82 Å². The van der Waals surface area contributed by atoms with Gasteiger partial charge in [-0.3, -0.25) is 0 Å². The Bertz CT molecular complexity index is 677. The summed E-state index contributed by atoms with van der Waals surface area (Å²) in [6, 6.07) is 10.7. The maximum absolute atomic E-state index is 13.5. The van der Waals surface area contributed by atoms with E-state index >= 15 is 0 Å². The highest BCUT2D eigenvalue weighted by molar-refractivity contribution is 9.10. The van der Waals surface area contributed by atoms with Gasteiger partial charge in [0.25, 0.3) is 0 Å². The van der Waals surface area contributed by atoms with Crippen LogP contribution in [0.25, 0.3) is 0 Å². The van der Waals surface area contributed by atoms with Crippen molar-refractivity contribution in [3.05, 3.63) is 62.8 Å². The number of nitrogens with two attached hydrogens (primary N) is 1. The van der Waals surface area contributed by atoms with E-state index in [1.807, 2.05) is 24.3 Å². The molecule has 110 valence electrons. The fourth-order valence-electron chi connectivity index (χ4n) is 2.89. The lowest BCUT2D eigenvalue weighted by Crippen LogP contribution is -2.32. The summed E-state index contributed by atoms with van der Waals surface area (Å²) in [5.74, 6) is -0.224. The highest BCUT2D eigenvalue weighted by atomic mass is 79.9. The molecule has 21 heavy (non-hydrogen) atoms. The van der Waals surface area contributed by atoms with Gasteiger partial charge in [-0.2, -0.15) is 0 Å². The van der Waals surface area contributed by atoms with Crippen LogP contribution < -0.4 is 10.6 Å². The van der Waals surface area contributed by atoms with E-state index in [4.69, 9.17) is 17.3 Å². The number of anilines is 1. The Balaban J connectivity index is 2.01. The van der Waals surface area contributed by atoms with E-state index in [2.05, 4.69) is 20.8 Å². The highest BCUT2D eigenvalue weighted by Crippen LogP contribution is 2.37. The summed E-state index contributed by atoms with van der Waals surface area (Å²) < 4.78 is 14.5. The fourth-order valence-corrected chi connectivity index (χ4v) is 3.69. The predicted octanol–water partition coefficient (Wildman–Crippen LogP) is 4.30. The van der Waals surface area contributed by atoms with Crippen molar-refractivity contribution in [2.45, 2.75) is 12.5 Å². The first-order valence-electron chi connectivity index (χ1n) is 6.80. The molecule has 0 saturated heterocycles. The number of benzene rings is 2. The minimum atomic E-state index is -0.224. The lowest BCUT2D eigenvalue weighted by Gasteiger charge is -2.30. The molecule has 1 aliphatic heterocycles. The molecule has 3 rings (SSSR count). The van der Waals surface area contributed by atoms with Crippen molar-refractivity contribution in [3.63, 3.8) is 0 Å². The maximum atomic E-state index is 13.5. The second kappa shape index (κ2) is 5.95. The Morgan fingerprint density at radius 2 is 2.10 bits per heavy atom. The van der Waals surface area contributed by atoms with Crippen molar-refractivity contribution in [1.29, 1.82) is 0 Å². The van der Waals surface area contributed by atoms with Crippen LogP contribution in [0.15, 0.2) is 40.9 Å². The van der Waals surface area contributed by atoms with Gasteiger partial charge in [0.2, 0.25) is 0 Å². The Morgan fingerprint density at radius 3 is 2.81 bits per heavy atom. The molecule has 0 bridgehead atoms. The fraction of sp³-hybridized carbons (Fsp3) is 0.250. The summed E-state index contributed by atoms with van der Waals surface area (Å²) in [4.78, 5) is 2.15. The van der Waals surface area contributed by atoms with Crippen LogP contribution in [-0.2, 0) is 6.42 Å². The average molecular weight is 370 g/mol. The van der Waals surface area contributed by atoms with Crippen LogP contribution in [0.5, 0.6) is 0 Å². The summed E-state index contributed by atoms with van der Waals surface area (Å²) in [7, 11) is 0. The Morgan fingerprint density at radius 1 is 1.29 bits per heavy atom. The molecule has 1 unspecified atom stereocenters. The molecule has 5 heteroatoms. The molecule has 0 amide bonds. The zero-order valence-corrected chi connectivity index (χ0v) is 13.7. The van der Waals surface area contributed by atoms with Crippen molar-refractivity contribution in [3.8, 4) is 0 Å². The van der Waals surface area contributed by atoms with Crippen molar-refractivity contribution < 1.29 is 4.39 Å². The van der Waals surface area contributed by atoms with Crippen molar-refractivity contribution in [2.24, 2.45) is 5.73 Å². The third-order valence-corrected chi connectivity index (χ3v) is 4.72. The van der Waals surface area contributed by atoms with E-state index in [1.54, 1.807) is 6.07 Å². The zero-order valence-electron chi connectivity index (χ0n) is 11.3. The minimum Gasteiger partial charge on any atom is -0.363 e. The molecule has 2 nitrogen and oxygen atoms in total. The Hall–Kier alpha value is -1.10. The third kappa shape index (κ3) is 2.80. The molecule has 1 heterocycles. The van der Waals surface area contributed by atoms with Gasteiger partial charge < -0.3 is 10.6 Å². The van der Waals surface area contributed by atoms with Gasteiger partial charge in [0.05, 0.1) is 6.04 Å². The van der Waals surface area contributed by atoms with E-state index in [1.165, 1.54) is 6.07 Å². The quantitative estimate of drug-likeness (QED) is 0.874. The molecule has 2 aromatic carbocycles. The number of halogens is 3. The van der Waals surface area contributed by atoms with E-state index in [0.29, 0.717) is 11.6 Å². The summed E-state index contributed by atoms with van der Waals surface area (Å²) in [6.07, 6.45) is 0.903. The van der Waals surface area contributed by atoms with Gasteiger partial charge in [0, 0.05) is 28.3 Å². The molecule has 0 spiro atoms. The first kappa shape index (κ1) is 14.8. The topological polar surface area (TPSA) is 29.3 Å². The summed E-state index contributed by atoms with van der Waals surface area (Å²) in [5, 5.41) is 0.671. The van der Waals surface area contributed by atoms with Crippen LogP contribution in [-0.4, -0.2) is 13.1 Å². The number of rotatable bonds is 3. The van der Waals surface area contributed by atoms with Crippen LogP contribution in [0.1, 0.15) is 17.2 Å².